The molecule has 7 nitrogen and oxygen atoms in total. The van der Waals surface area contributed by atoms with E-state index in [4.69, 9.17) is 13.0 Å². The Kier molecular flexibility index (Phi) is 5.35. The van der Waals surface area contributed by atoms with E-state index < -0.39 is 15.6 Å². The molecule has 17 heavy (non-hydrogen) atoms. The van der Waals surface area contributed by atoms with Crippen molar-refractivity contribution in [3.63, 3.8) is 0 Å². The zero-order valence-corrected chi connectivity index (χ0v) is 10.4. The van der Waals surface area contributed by atoms with Crippen molar-refractivity contribution in [2.24, 2.45) is 14.1 Å². The van der Waals surface area contributed by atoms with Gasteiger partial charge in [-0.25, -0.2) is 8.42 Å². The number of rotatable bonds is 1. The van der Waals surface area contributed by atoms with Crippen molar-refractivity contribution in [3.05, 3.63) is 5.82 Å². The lowest BCUT2D eigenvalue weighted by Gasteiger charge is -2.08. The molecule has 0 aliphatic heterocycles. The van der Waals surface area contributed by atoms with Gasteiger partial charge in [0.15, 0.2) is 10.1 Å². The molecule has 0 spiro atoms. The highest BCUT2D eigenvalue weighted by atomic mass is 32.2. The predicted octanol–water partition coefficient (Wildman–Crippen LogP) is -0.879. The van der Waals surface area contributed by atoms with Crippen molar-refractivity contribution < 1.29 is 30.8 Å². The average molecular weight is 294 g/mol. The van der Waals surface area contributed by atoms with Crippen LogP contribution in [0.25, 0.3) is 0 Å². The second-order valence-electron chi connectivity index (χ2n) is 2.68. The molecular formula is C5H9F3N4O3S2. The monoisotopic (exact) mass is 294 g/mol. The fraction of sp³-hybridized carbons (Fsp3) is 0.800. The highest BCUT2D eigenvalue weighted by molar-refractivity contribution is 7.86. The average Bonchev–Trinajstić information content (AvgIpc) is 2.42. The van der Waals surface area contributed by atoms with Crippen LogP contribution in [-0.2, 0) is 30.0 Å². The molecular weight excluding hydrogens is 285 g/mol. The van der Waals surface area contributed by atoms with Crippen LogP contribution < -0.4 is 4.68 Å². The van der Waals surface area contributed by atoms with E-state index in [0.29, 0.717) is 5.75 Å². The fourth-order valence-corrected chi connectivity index (χ4v) is 0.899. The predicted molar refractivity (Wildman–Crippen MR) is 50.6 cm³/mol. The van der Waals surface area contributed by atoms with E-state index in [1.807, 2.05) is 7.05 Å². The summed E-state index contributed by atoms with van der Waals surface area (Å²) in [6.45, 7) is 0. The largest absolute Gasteiger partial charge is 0.741 e. The smallest absolute Gasteiger partial charge is 0.485 e. The minimum absolute atomic E-state index is 0.629. The van der Waals surface area contributed by atoms with E-state index >= 15 is 0 Å². The van der Waals surface area contributed by atoms with Gasteiger partial charge in [0.2, 0.25) is 0 Å². The van der Waals surface area contributed by atoms with Crippen LogP contribution in [0.4, 0.5) is 13.2 Å². The quantitative estimate of drug-likeness (QED) is 0.314. The standard InChI is InChI=1S/C4H8N4S.CHF3O3S/c1-7-4(3-9)5-8(2)6-7;2-1(3,4)8(5,6)7/h3H2,1-2H3;(H,5,6,7). The zero-order valence-electron chi connectivity index (χ0n) is 8.71. The third-order valence-corrected chi connectivity index (χ3v) is 2.17. The summed E-state index contributed by atoms with van der Waals surface area (Å²) in [5.41, 5.74) is -5.65. The Morgan fingerprint density at radius 1 is 1.53 bits per heavy atom. The van der Waals surface area contributed by atoms with Gasteiger partial charge in [-0.2, -0.15) is 25.8 Å². The maximum Gasteiger partial charge on any atom is 0.485 e. The highest BCUT2D eigenvalue weighted by Gasteiger charge is 2.36. The number of thiol groups is 1. The molecule has 0 saturated heterocycles. The third kappa shape index (κ3) is 5.32. The van der Waals surface area contributed by atoms with Crippen LogP contribution in [0.5, 0.6) is 0 Å². The molecule has 1 aromatic rings. The molecule has 0 aliphatic carbocycles. The number of aryl methyl sites for hydroxylation is 2. The lowest BCUT2D eigenvalue weighted by atomic mass is 10.7. The summed E-state index contributed by atoms with van der Waals surface area (Å²) in [6, 6.07) is 0. The first-order valence-electron chi connectivity index (χ1n) is 3.88. The van der Waals surface area contributed by atoms with Crippen LogP contribution >= 0.6 is 12.6 Å². The lowest BCUT2D eigenvalue weighted by Crippen LogP contribution is -2.34. The van der Waals surface area contributed by atoms with Gasteiger partial charge in [0.05, 0.1) is 23.1 Å². The first-order valence-corrected chi connectivity index (χ1v) is 5.92. The molecule has 0 radical (unpaired) electrons. The van der Waals surface area contributed by atoms with Gasteiger partial charge in [0.1, 0.15) is 7.05 Å². The second kappa shape index (κ2) is 5.64. The molecule has 0 atom stereocenters. The summed E-state index contributed by atoms with van der Waals surface area (Å²) in [5.74, 6) is 1.51. The molecule has 0 aliphatic rings. The van der Waals surface area contributed by atoms with Gasteiger partial charge in [-0.15, -0.1) is 4.68 Å². The molecule has 0 amide bonds. The van der Waals surface area contributed by atoms with E-state index in [1.165, 1.54) is 4.80 Å². The van der Waals surface area contributed by atoms with Crippen LogP contribution in [0, 0.1) is 0 Å². The zero-order chi connectivity index (χ0) is 13.9. The normalized spacial score (nSPS) is 11.9. The van der Waals surface area contributed by atoms with Gasteiger partial charge < -0.3 is 4.55 Å². The summed E-state index contributed by atoms with van der Waals surface area (Å²) in [6.07, 6.45) is 0. The van der Waals surface area contributed by atoms with Crippen LogP contribution in [-0.4, -0.2) is 33.6 Å². The Morgan fingerprint density at radius 2 is 1.94 bits per heavy atom. The summed E-state index contributed by atoms with van der Waals surface area (Å²) in [7, 11) is -2.46. The molecule has 1 rings (SSSR count). The Balaban J connectivity index is 0.000000304. The van der Waals surface area contributed by atoms with Crippen molar-refractivity contribution >= 4 is 22.7 Å². The molecule has 1 heterocycles. The van der Waals surface area contributed by atoms with E-state index in [2.05, 4.69) is 22.9 Å². The molecule has 12 heteroatoms. The first kappa shape index (κ1) is 16.1. The highest BCUT2D eigenvalue weighted by Crippen LogP contribution is 2.20. The molecule has 0 unspecified atom stereocenters. The van der Waals surface area contributed by atoms with Crippen molar-refractivity contribution in [2.75, 3.05) is 0 Å². The number of halogens is 3. The van der Waals surface area contributed by atoms with Crippen LogP contribution in [0.2, 0.25) is 0 Å². The lowest BCUT2D eigenvalue weighted by molar-refractivity contribution is -0.738. The van der Waals surface area contributed by atoms with Crippen LogP contribution in [0.15, 0.2) is 0 Å². The third-order valence-electron chi connectivity index (χ3n) is 1.32. The molecule has 0 bridgehead atoms. The number of hydrogen-bond donors (Lipinski definition) is 1. The first-order chi connectivity index (χ1) is 7.49. The Hall–Kier alpha value is -0.880. The Morgan fingerprint density at radius 3 is 2.06 bits per heavy atom. The Bertz CT molecular complexity index is 469. The molecule has 0 N–H and O–H groups in total. The number of alkyl halides is 3. The maximum absolute atomic E-state index is 10.7. The second-order valence-corrected chi connectivity index (χ2v) is 4.36. The number of nitrogens with zero attached hydrogens (tertiary/aromatic N) is 4. The van der Waals surface area contributed by atoms with Gasteiger partial charge >= 0.3 is 11.3 Å². The van der Waals surface area contributed by atoms with Crippen molar-refractivity contribution in [1.82, 2.24) is 15.1 Å². The summed E-state index contributed by atoms with van der Waals surface area (Å²) in [4.78, 5) is 1.52. The van der Waals surface area contributed by atoms with Gasteiger partial charge in [0, 0.05) is 0 Å². The van der Waals surface area contributed by atoms with Crippen molar-refractivity contribution in [1.29, 1.82) is 0 Å². The minimum Gasteiger partial charge on any atom is -0.741 e. The SMILES string of the molecule is Cn1nc(CS)[n+](C)n1.O=S(=O)([O-])C(F)(F)F. The van der Waals surface area contributed by atoms with Gasteiger partial charge in [-0.05, 0) is 4.80 Å². The number of hydrogen-bond acceptors (Lipinski definition) is 6. The molecule has 100 valence electrons. The van der Waals surface area contributed by atoms with E-state index in [1.54, 1.807) is 11.7 Å². The van der Waals surface area contributed by atoms with Gasteiger partial charge in [-0.3, -0.25) is 0 Å². The number of tetrazole rings is 1. The van der Waals surface area contributed by atoms with Crippen LogP contribution in [0.1, 0.15) is 5.82 Å². The van der Waals surface area contributed by atoms with E-state index in [9.17, 15) is 13.2 Å². The van der Waals surface area contributed by atoms with Gasteiger partial charge in [0.25, 0.3) is 0 Å². The topological polar surface area (TPSA) is 91.8 Å². The summed E-state index contributed by atoms with van der Waals surface area (Å²) in [5, 5.41) is 7.98. The fourth-order valence-electron chi connectivity index (χ4n) is 0.632. The summed E-state index contributed by atoms with van der Waals surface area (Å²) >= 11 is 4.06. The van der Waals surface area contributed by atoms with Gasteiger partial charge in [-0.1, -0.05) is 0 Å². The molecule has 1 aromatic heterocycles. The van der Waals surface area contributed by atoms with Crippen molar-refractivity contribution in [3.8, 4) is 0 Å². The van der Waals surface area contributed by atoms with Crippen molar-refractivity contribution in [2.45, 2.75) is 11.3 Å². The molecule has 0 saturated carbocycles. The Labute approximate surface area is 100 Å². The number of aromatic nitrogens is 4. The van der Waals surface area contributed by atoms with E-state index in [-0.39, 0.29) is 0 Å². The minimum atomic E-state index is -6.09. The van der Waals surface area contributed by atoms with Crippen LogP contribution in [0.3, 0.4) is 0 Å². The molecule has 0 fully saturated rings. The van der Waals surface area contributed by atoms with E-state index in [0.717, 1.165) is 5.82 Å². The maximum atomic E-state index is 10.7. The summed E-state index contributed by atoms with van der Waals surface area (Å²) < 4.78 is 60.6. The molecule has 0 aromatic carbocycles.